The lowest BCUT2D eigenvalue weighted by Gasteiger charge is -2.29. The predicted molar refractivity (Wildman–Crippen MR) is 71.7 cm³/mol. The van der Waals surface area contributed by atoms with Gasteiger partial charge in [-0.2, -0.15) is 0 Å². The lowest BCUT2D eigenvalue weighted by molar-refractivity contribution is 0.318. The van der Waals surface area contributed by atoms with E-state index in [1.165, 1.54) is 31.2 Å². The van der Waals surface area contributed by atoms with E-state index in [0.29, 0.717) is 12.0 Å². The highest BCUT2D eigenvalue weighted by molar-refractivity contribution is 5.36. The molecule has 1 aliphatic carbocycles. The summed E-state index contributed by atoms with van der Waals surface area (Å²) in [6, 6.07) is 9.24. The predicted octanol–water partition coefficient (Wildman–Crippen LogP) is 3.33. The van der Waals surface area contributed by atoms with Gasteiger partial charge in [-0.05, 0) is 57.2 Å². The number of nitrogens with one attached hydrogen (secondary N) is 1. The van der Waals surface area contributed by atoms with Crippen LogP contribution in [-0.4, -0.2) is 19.7 Å². The molecule has 2 rings (SSSR count). The molecule has 0 unspecified atom stereocenters. The first-order chi connectivity index (χ1) is 8.35. The first-order valence-electron chi connectivity index (χ1n) is 6.74. The van der Waals surface area contributed by atoms with E-state index in [1.54, 1.807) is 0 Å². The van der Waals surface area contributed by atoms with Crippen molar-refractivity contribution in [2.45, 2.75) is 44.6 Å². The average Bonchev–Trinajstić information content (AvgIpc) is 2.40. The maximum absolute atomic E-state index is 5.73. The Morgan fingerprint density at radius 1 is 1.18 bits per heavy atom. The van der Waals surface area contributed by atoms with Crippen molar-refractivity contribution >= 4 is 0 Å². The Hall–Kier alpha value is -1.02. The average molecular weight is 233 g/mol. The van der Waals surface area contributed by atoms with Crippen LogP contribution in [0.1, 0.15) is 44.1 Å². The molecule has 1 aliphatic rings. The van der Waals surface area contributed by atoms with Crippen LogP contribution in [0.2, 0.25) is 0 Å². The Bertz CT molecular complexity index is 343. The second-order valence-electron chi connectivity index (χ2n) is 4.81. The van der Waals surface area contributed by atoms with Crippen molar-refractivity contribution in [2.75, 3.05) is 13.7 Å². The second kappa shape index (κ2) is 6.06. The number of hydrogen-bond acceptors (Lipinski definition) is 2. The van der Waals surface area contributed by atoms with Crippen LogP contribution >= 0.6 is 0 Å². The fourth-order valence-electron chi connectivity index (χ4n) is 2.80. The van der Waals surface area contributed by atoms with Gasteiger partial charge in [0, 0.05) is 6.04 Å². The van der Waals surface area contributed by atoms with Crippen molar-refractivity contribution in [3.05, 3.63) is 29.8 Å². The van der Waals surface area contributed by atoms with Crippen LogP contribution in [0, 0.1) is 0 Å². The van der Waals surface area contributed by atoms with E-state index in [-0.39, 0.29) is 0 Å². The smallest absolute Gasteiger partial charge is 0.122 e. The van der Waals surface area contributed by atoms with Gasteiger partial charge in [0.15, 0.2) is 0 Å². The summed E-state index contributed by atoms with van der Waals surface area (Å²) in [5, 5.41) is 3.38. The van der Waals surface area contributed by atoms with Gasteiger partial charge in [0.25, 0.3) is 0 Å². The number of hydrogen-bond donors (Lipinski definition) is 1. The highest BCUT2D eigenvalue weighted by Gasteiger charge is 2.23. The molecule has 2 heteroatoms. The molecule has 1 fully saturated rings. The van der Waals surface area contributed by atoms with Crippen LogP contribution in [0.4, 0.5) is 0 Å². The summed E-state index contributed by atoms with van der Waals surface area (Å²) in [6.07, 6.45) is 5.11. The summed E-state index contributed by atoms with van der Waals surface area (Å²) in [4.78, 5) is 0. The molecule has 0 radical (unpaired) electrons. The van der Waals surface area contributed by atoms with Crippen LogP contribution in [-0.2, 0) is 0 Å². The van der Waals surface area contributed by atoms with Gasteiger partial charge in [-0.15, -0.1) is 0 Å². The van der Waals surface area contributed by atoms with Gasteiger partial charge in [0.2, 0.25) is 0 Å². The van der Waals surface area contributed by atoms with Crippen molar-refractivity contribution in [1.29, 1.82) is 0 Å². The molecule has 2 nitrogen and oxygen atoms in total. The monoisotopic (exact) mass is 233 g/mol. The van der Waals surface area contributed by atoms with Gasteiger partial charge in [-0.3, -0.25) is 0 Å². The van der Waals surface area contributed by atoms with Crippen LogP contribution in [0.25, 0.3) is 0 Å². The normalized spacial score (nSPS) is 24.6. The first-order valence-corrected chi connectivity index (χ1v) is 6.74. The molecule has 0 saturated heterocycles. The Balaban J connectivity index is 2.07. The van der Waals surface area contributed by atoms with E-state index in [9.17, 15) is 0 Å². The van der Waals surface area contributed by atoms with Crippen LogP contribution in [0.3, 0.4) is 0 Å². The molecular formula is C15H23NO. The van der Waals surface area contributed by atoms with Gasteiger partial charge < -0.3 is 10.1 Å². The minimum atomic E-state index is 0.683. The topological polar surface area (TPSA) is 21.3 Å². The Morgan fingerprint density at radius 3 is 2.53 bits per heavy atom. The molecule has 0 bridgehead atoms. The van der Waals surface area contributed by atoms with Crippen molar-refractivity contribution in [3.63, 3.8) is 0 Å². The van der Waals surface area contributed by atoms with Crippen molar-refractivity contribution in [3.8, 4) is 5.75 Å². The standard InChI is InChI=1S/C15H23NO/c1-3-17-15-7-5-4-6-14(15)12-8-10-13(16-2)11-9-12/h4-7,12-13,16H,3,8-11H2,1-2H3. The molecule has 0 amide bonds. The largest absolute Gasteiger partial charge is 0.494 e. The van der Waals surface area contributed by atoms with Crippen LogP contribution < -0.4 is 10.1 Å². The fraction of sp³-hybridized carbons (Fsp3) is 0.600. The molecule has 0 spiro atoms. The van der Waals surface area contributed by atoms with Crippen LogP contribution in [0.5, 0.6) is 5.75 Å². The van der Waals surface area contributed by atoms with Gasteiger partial charge in [-0.1, -0.05) is 18.2 Å². The molecule has 1 aromatic carbocycles. The van der Waals surface area contributed by atoms with E-state index in [2.05, 4.69) is 43.6 Å². The third-order valence-electron chi connectivity index (χ3n) is 3.79. The van der Waals surface area contributed by atoms with E-state index < -0.39 is 0 Å². The zero-order chi connectivity index (χ0) is 12.1. The minimum Gasteiger partial charge on any atom is -0.494 e. The third-order valence-corrected chi connectivity index (χ3v) is 3.79. The molecular weight excluding hydrogens is 210 g/mol. The van der Waals surface area contributed by atoms with Crippen molar-refractivity contribution < 1.29 is 4.74 Å². The maximum atomic E-state index is 5.73. The highest BCUT2D eigenvalue weighted by atomic mass is 16.5. The van der Waals surface area contributed by atoms with Crippen molar-refractivity contribution in [2.24, 2.45) is 0 Å². The zero-order valence-corrected chi connectivity index (χ0v) is 10.9. The number of ether oxygens (including phenoxy) is 1. The van der Waals surface area contributed by atoms with Crippen molar-refractivity contribution in [1.82, 2.24) is 5.32 Å². The summed E-state index contributed by atoms with van der Waals surface area (Å²) >= 11 is 0. The molecule has 0 aromatic heterocycles. The van der Waals surface area contributed by atoms with Gasteiger partial charge in [0.1, 0.15) is 5.75 Å². The maximum Gasteiger partial charge on any atom is 0.122 e. The summed E-state index contributed by atoms with van der Waals surface area (Å²) in [6.45, 7) is 2.80. The summed E-state index contributed by atoms with van der Waals surface area (Å²) < 4.78 is 5.73. The quantitative estimate of drug-likeness (QED) is 0.861. The molecule has 1 saturated carbocycles. The fourth-order valence-corrected chi connectivity index (χ4v) is 2.80. The number of benzene rings is 1. The molecule has 17 heavy (non-hydrogen) atoms. The number of rotatable bonds is 4. The lowest BCUT2D eigenvalue weighted by atomic mass is 9.81. The van der Waals surface area contributed by atoms with Gasteiger partial charge in [-0.25, -0.2) is 0 Å². The Labute approximate surface area is 104 Å². The summed E-state index contributed by atoms with van der Waals surface area (Å²) in [5.41, 5.74) is 1.41. The molecule has 0 atom stereocenters. The molecule has 1 aromatic rings. The highest BCUT2D eigenvalue weighted by Crippen LogP contribution is 2.37. The van der Waals surface area contributed by atoms with E-state index in [0.717, 1.165) is 12.4 Å². The minimum absolute atomic E-state index is 0.683. The summed E-state index contributed by atoms with van der Waals surface area (Å²) in [7, 11) is 2.07. The first kappa shape index (κ1) is 12.4. The molecule has 0 aliphatic heterocycles. The van der Waals surface area contributed by atoms with E-state index >= 15 is 0 Å². The summed E-state index contributed by atoms with van der Waals surface area (Å²) in [5.74, 6) is 1.77. The van der Waals surface area contributed by atoms with Crippen LogP contribution in [0.15, 0.2) is 24.3 Å². The zero-order valence-electron chi connectivity index (χ0n) is 10.9. The molecule has 94 valence electrons. The number of para-hydroxylation sites is 1. The molecule has 1 N–H and O–H groups in total. The van der Waals surface area contributed by atoms with E-state index in [4.69, 9.17) is 4.74 Å². The van der Waals surface area contributed by atoms with E-state index in [1.807, 2.05) is 0 Å². The SMILES string of the molecule is CCOc1ccccc1C1CCC(NC)CC1. The Morgan fingerprint density at radius 2 is 1.88 bits per heavy atom. The third kappa shape index (κ3) is 3.01. The molecule has 0 heterocycles. The lowest BCUT2D eigenvalue weighted by Crippen LogP contribution is -2.29. The van der Waals surface area contributed by atoms with Gasteiger partial charge in [0.05, 0.1) is 6.61 Å². The van der Waals surface area contributed by atoms with Gasteiger partial charge >= 0.3 is 0 Å². The Kier molecular flexibility index (Phi) is 4.43. The second-order valence-corrected chi connectivity index (χ2v) is 4.81.